The van der Waals surface area contributed by atoms with Gasteiger partial charge in [-0.3, -0.25) is 4.79 Å². The summed E-state index contributed by atoms with van der Waals surface area (Å²) in [6.45, 7) is 5.29. The van der Waals surface area contributed by atoms with E-state index in [2.05, 4.69) is 16.1 Å². The van der Waals surface area contributed by atoms with E-state index in [4.69, 9.17) is 11.6 Å². The molecule has 0 saturated carbocycles. The van der Waals surface area contributed by atoms with E-state index < -0.39 is 0 Å². The van der Waals surface area contributed by atoms with Crippen LogP contribution in [0.5, 0.6) is 0 Å². The number of aromatic nitrogens is 3. The highest BCUT2D eigenvalue weighted by Crippen LogP contribution is 2.21. The van der Waals surface area contributed by atoms with Crippen molar-refractivity contribution in [1.82, 2.24) is 19.5 Å². The Kier molecular flexibility index (Phi) is 4.41. The third-order valence-corrected chi connectivity index (χ3v) is 5.40. The summed E-state index contributed by atoms with van der Waals surface area (Å²) in [7, 11) is 0. The Labute approximate surface area is 157 Å². The molecule has 134 valence electrons. The summed E-state index contributed by atoms with van der Waals surface area (Å²) in [6.07, 6.45) is 3.93. The lowest BCUT2D eigenvalue weighted by Crippen LogP contribution is -2.37. The molecule has 0 unspecified atom stereocenters. The first-order chi connectivity index (χ1) is 12.5. The minimum Gasteiger partial charge on any atom is -0.338 e. The predicted molar refractivity (Wildman–Crippen MR) is 101 cm³/mol. The van der Waals surface area contributed by atoms with Gasteiger partial charge in [0, 0.05) is 48.8 Å². The Hall–Kier alpha value is -2.40. The van der Waals surface area contributed by atoms with Crippen molar-refractivity contribution >= 4 is 23.2 Å². The number of aryl methyl sites for hydroxylation is 3. The normalized spacial score (nSPS) is 13.9. The van der Waals surface area contributed by atoms with Gasteiger partial charge < -0.3 is 4.90 Å². The quantitative estimate of drug-likeness (QED) is 0.710. The Morgan fingerprint density at radius 1 is 1.27 bits per heavy atom. The molecule has 5 nitrogen and oxygen atoms in total. The molecule has 0 aliphatic carbocycles. The van der Waals surface area contributed by atoms with Crippen LogP contribution in [0.3, 0.4) is 0 Å². The number of rotatable bonds is 3. The van der Waals surface area contributed by atoms with E-state index in [9.17, 15) is 4.79 Å². The van der Waals surface area contributed by atoms with Crippen LogP contribution in [-0.4, -0.2) is 31.9 Å². The molecule has 1 amide bonds. The number of amides is 1. The monoisotopic (exact) mass is 368 g/mol. The molecule has 0 saturated heterocycles. The Bertz CT molecular complexity index is 995. The molecule has 26 heavy (non-hydrogen) atoms. The lowest BCUT2D eigenvalue weighted by Gasteiger charge is -2.29. The van der Waals surface area contributed by atoms with Crippen molar-refractivity contribution < 1.29 is 4.79 Å². The first-order valence-electron chi connectivity index (χ1n) is 8.87. The van der Waals surface area contributed by atoms with Crippen molar-refractivity contribution in [3.63, 3.8) is 0 Å². The van der Waals surface area contributed by atoms with Gasteiger partial charge in [0.15, 0.2) is 5.65 Å². The van der Waals surface area contributed by atoms with Gasteiger partial charge in [0.2, 0.25) is 5.91 Å². The van der Waals surface area contributed by atoms with Crippen LogP contribution in [0.2, 0.25) is 5.02 Å². The summed E-state index contributed by atoms with van der Waals surface area (Å²) in [5.41, 5.74) is 6.28. The molecular formula is C20H21ClN4O. The minimum absolute atomic E-state index is 0.181. The van der Waals surface area contributed by atoms with Crippen molar-refractivity contribution in [1.29, 1.82) is 0 Å². The zero-order valence-electron chi connectivity index (χ0n) is 15.0. The van der Waals surface area contributed by atoms with Gasteiger partial charge in [0.1, 0.15) is 0 Å². The maximum absolute atomic E-state index is 12.7. The summed E-state index contributed by atoms with van der Waals surface area (Å²) in [5, 5.41) is 5.29. The molecular weight excluding hydrogens is 348 g/mol. The fourth-order valence-electron chi connectivity index (χ4n) is 3.54. The molecule has 0 spiro atoms. The Morgan fingerprint density at radius 2 is 2.12 bits per heavy atom. The van der Waals surface area contributed by atoms with Gasteiger partial charge in [-0.2, -0.15) is 5.10 Å². The molecule has 0 atom stereocenters. The number of fused-ring (bicyclic) bond motifs is 3. The van der Waals surface area contributed by atoms with E-state index >= 15 is 0 Å². The van der Waals surface area contributed by atoms with Gasteiger partial charge in [0.25, 0.3) is 0 Å². The number of hydrogen-bond donors (Lipinski definition) is 0. The van der Waals surface area contributed by atoms with Gasteiger partial charge >= 0.3 is 0 Å². The molecule has 6 heteroatoms. The van der Waals surface area contributed by atoms with Crippen molar-refractivity contribution in [3.05, 3.63) is 63.6 Å². The smallest absolute Gasteiger partial charge is 0.223 e. The maximum Gasteiger partial charge on any atom is 0.223 e. The number of carbonyl (C=O) groups is 1. The molecule has 0 fully saturated rings. The number of nitrogens with zero attached hydrogens (tertiary/aromatic N) is 4. The van der Waals surface area contributed by atoms with Gasteiger partial charge in [-0.25, -0.2) is 9.50 Å². The second kappa shape index (κ2) is 6.72. The molecule has 1 aliphatic heterocycles. The lowest BCUT2D eigenvalue weighted by atomic mass is 10.0. The van der Waals surface area contributed by atoms with Crippen LogP contribution in [0.25, 0.3) is 5.65 Å². The predicted octanol–water partition coefficient (Wildman–Crippen LogP) is 3.52. The largest absolute Gasteiger partial charge is 0.338 e. The highest BCUT2D eigenvalue weighted by Gasteiger charge is 2.23. The van der Waals surface area contributed by atoms with Gasteiger partial charge in [-0.15, -0.1) is 0 Å². The van der Waals surface area contributed by atoms with E-state index in [1.807, 2.05) is 47.7 Å². The van der Waals surface area contributed by atoms with Crippen LogP contribution in [0.4, 0.5) is 0 Å². The van der Waals surface area contributed by atoms with Gasteiger partial charge in [-0.05, 0) is 37.5 Å². The van der Waals surface area contributed by atoms with Gasteiger partial charge in [-0.1, -0.05) is 23.7 Å². The Morgan fingerprint density at radius 3 is 2.92 bits per heavy atom. The van der Waals surface area contributed by atoms with E-state index in [1.165, 1.54) is 5.69 Å². The minimum atomic E-state index is 0.181. The van der Waals surface area contributed by atoms with Crippen LogP contribution >= 0.6 is 11.6 Å². The molecule has 4 rings (SSSR count). The average Bonchev–Trinajstić information content (AvgIpc) is 3.02. The van der Waals surface area contributed by atoms with Crippen LogP contribution in [0.1, 0.15) is 34.5 Å². The number of halogens is 1. The van der Waals surface area contributed by atoms with Crippen LogP contribution in [0.15, 0.2) is 30.5 Å². The molecule has 0 bridgehead atoms. The summed E-state index contributed by atoms with van der Waals surface area (Å²) in [4.78, 5) is 19.1. The van der Waals surface area contributed by atoms with E-state index in [-0.39, 0.29) is 5.91 Å². The highest BCUT2D eigenvalue weighted by atomic mass is 35.5. The van der Waals surface area contributed by atoms with Crippen LogP contribution in [0, 0.1) is 13.8 Å². The third kappa shape index (κ3) is 3.19. The zero-order valence-corrected chi connectivity index (χ0v) is 15.8. The molecule has 0 N–H and O–H groups in total. The molecule has 2 aromatic heterocycles. The number of benzene rings is 1. The van der Waals surface area contributed by atoms with Gasteiger partial charge in [0.05, 0.1) is 11.4 Å². The molecule has 0 radical (unpaired) electrons. The standard InChI is InChI=1S/C20H21ClN4O/c1-13-9-15(3-5-17(13)21)4-6-20(26)24-8-7-18-16(12-24)11-22-19-10-14(2)23-25(18)19/h3,5,9-11H,4,6-8,12H2,1-2H3. The summed E-state index contributed by atoms with van der Waals surface area (Å²) in [6, 6.07) is 7.93. The highest BCUT2D eigenvalue weighted by molar-refractivity contribution is 6.31. The summed E-state index contributed by atoms with van der Waals surface area (Å²) < 4.78 is 1.92. The lowest BCUT2D eigenvalue weighted by molar-refractivity contribution is -0.132. The average molecular weight is 369 g/mol. The van der Waals surface area contributed by atoms with E-state index in [1.54, 1.807) is 0 Å². The first-order valence-corrected chi connectivity index (χ1v) is 9.25. The summed E-state index contributed by atoms with van der Waals surface area (Å²) in [5.74, 6) is 0.181. The van der Waals surface area contributed by atoms with E-state index in [0.717, 1.165) is 52.4 Å². The second-order valence-corrected chi connectivity index (χ2v) is 7.34. The fourth-order valence-corrected chi connectivity index (χ4v) is 3.66. The molecule has 3 heterocycles. The van der Waals surface area contributed by atoms with Crippen molar-refractivity contribution in [2.45, 2.75) is 39.7 Å². The fraction of sp³-hybridized carbons (Fsp3) is 0.350. The maximum atomic E-state index is 12.7. The van der Waals surface area contributed by atoms with Crippen LogP contribution < -0.4 is 0 Å². The Balaban J connectivity index is 1.45. The summed E-state index contributed by atoms with van der Waals surface area (Å²) >= 11 is 6.07. The SMILES string of the molecule is Cc1cc2ncc3c(n2n1)CCN(C(=O)CCc1ccc(Cl)c(C)c1)C3. The number of carbonyl (C=O) groups excluding carboxylic acids is 1. The zero-order chi connectivity index (χ0) is 18.3. The van der Waals surface area contributed by atoms with Crippen molar-refractivity contribution in [2.75, 3.05) is 6.54 Å². The van der Waals surface area contributed by atoms with E-state index in [0.29, 0.717) is 13.0 Å². The second-order valence-electron chi connectivity index (χ2n) is 6.93. The van der Waals surface area contributed by atoms with Crippen molar-refractivity contribution in [3.8, 4) is 0 Å². The van der Waals surface area contributed by atoms with Crippen LogP contribution in [-0.2, 0) is 24.2 Å². The topological polar surface area (TPSA) is 50.5 Å². The van der Waals surface area contributed by atoms with Crippen molar-refractivity contribution in [2.24, 2.45) is 0 Å². The molecule has 1 aromatic carbocycles. The molecule has 3 aromatic rings. The third-order valence-electron chi connectivity index (χ3n) is 4.97. The first kappa shape index (κ1) is 17.0. The number of hydrogen-bond acceptors (Lipinski definition) is 3. The molecule has 1 aliphatic rings.